The van der Waals surface area contributed by atoms with Crippen molar-refractivity contribution in [1.82, 2.24) is 10.2 Å². The Hall–Kier alpha value is -1.58. The van der Waals surface area contributed by atoms with E-state index < -0.39 is 0 Å². The van der Waals surface area contributed by atoms with E-state index in [-0.39, 0.29) is 17.6 Å². The molecule has 0 radical (unpaired) electrons. The first-order chi connectivity index (χ1) is 12.2. The van der Waals surface area contributed by atoms with E-state index in [2.05, 4.69) is 22.4 Å². The Morgan fingerprint density at radius 1 is 1.28 bits per heavy atom. The zero-order valence-electron chi connectivity index (χ0n) is 13.7. The van der Waals surface area contributed by atoms with Gasteiger partial charge in [-0.05, 0) is 24.3 Å². The second-order valence-electron chi connectivity index (χ2n) is 5.27. The van der Waals surface area contributed by atoms with Gasteiger partial charge in [-0.2, -0.15) is 0 Å². The summed E-state index contributed by atoms with van der Waals surface area (Å²) in [5.74, 6) is 1.19. The van der Waals surface area contributed by atoms with Crippen LogP contribution in [-0.4, -0.2) is 40.1 Å². The smallest absolute Gasteiger partial charge is 0.234 e. The molecular formula is C16H18N4O2S3. The maximum atomic E-state index is 12.3. The van der Waals surface area contributed by atoms with E-state index in [1.807, 2.05) is 24.3 Å². The number of amides is 2. The van der Waals surface area contributed by atoms with Crippen molar-refractivity contribution in [3.05, 3.63) is 24.3 Å². The zero-order valence-corrected chi connectivity index (χ0v) is 16.2. The molecule has 0 spiro atoms. The number of thioether (sulfide) groups is 2. The predicted molar refractivity (Wildman–Crippen MR) is 104 cm³/mol. The number of carbonyl (C=O) groups is 2. The van der Waals surface area contributed by atoms with Gasteiger partial charge in [0, 0.05) is 13.0 Å². The highest BCUT2D eigenvalue weighted by Gasteiger charge is 2.24. The summed E-state index contributed by atoms with van der Waals surface area (Å²) in [4.78, 5) is 26.0. The molecule has 0 saturated carbocycles. The molecule has 1 aliphatic heterocycles. The molecule has 1 N–H and O–H groups in total. The summed E-state index contributed by atoms with van der Waals surface area (Å²) in [6.07, 6.45) is 1.42. The molecule has 1 fully saturated rings. The van der Waals surface area contributed by atoms with Crippen LogP contribution in [0.5, 0.6) is 0 Å². The molecule has 3 rings (SSSR count). The maximum absolute atomic E-state index is 12.3. The van der Waals surface area contributed by atoms with Gasteiger partial charge in [0.2, 0.25) is 11.8 Å². The Morgan fingerprint density at radius 2 is 2.04 bits per heavy atom. The van der Waals surface area contributed by atoms with Crippen LogP contribution in [0.15, 0.2) is 32.9 Å². The van der Waals surface area contributed by atoms with Crippen molar-refractivity contribution in [3.8, 4) is 0 Å². The van der Waals surface area contributed by atoms with Gasteiger partial charge in [0.1, 0.15) is 0 Å². The highest BCUT2D eigenvalue weighted by atomic mass is 32.2. The second kappa shape index (κ2) is 8.68. The SMILES string of the molecule is CCSc1nnc(SCC(=O)Nc2ccccc2N2CCCC2=O)s1. The van der Waals surface area contributed by atoms with Crippen molar-refractivity contribution < 1.29 is 9.59 Å². The van der Waals surface area contributed by atoms with Gasteiger partial charge >= 0.3 is 0 Å². The third kappa shape index (κ3) is 4.74. The average Bonchev–Trinajstić information content (AvgIpc) is 3.23. The maximum Gasteiger partial charge on any atom is 0.234 e. The van der Waals surface area contributed by atoms with Gasteiger partial charge in [0.05, 0.1) is 17.1 Å². The van der Waals surface area contributed by atoms with Crippen molar-refractivity contribution in [2.24, 2.45) is 0 Å². The fourth-order valence-electron chi connectivity index (χ4n) is 2.47. The van der Waals surface area contributed by atoms with Crippen molar-refractivity contribution in [1.29, 1.82) is 0 Å². The second-order valence-corrected chi connectivity index (χ2v) is 8.98. The molecule has 0 unspecified atom stereocenters. The Kier molecular flexibility index (Phi) is 6.33. The Labute approximate surface area is 158 Å². The van der Waals surface area contributed by atoms with Crippen LogP contribution in [0.25, 0.3) is 0 Å². The topological polar surface area (TPSA) is 75.2 Å². The van der Waals surface area contributed by atoms with Crippen molar-refractivity contribution >= 4 is 58.0 Å². The van der Waals surface area contributed by atoms with E-state index in [4.69, 9.17) is 0 Å². The van der Waals surface area contributed by atoms with Crippen LogP contribution in [0.3, 0.4) is 0 Å². The molecule has 0 aliphatic carbocycles. The van der Waals surface area contributed by atoms with Crippen LogP contribution in [0, 0.1) is 0 Å². The number of nitrogens with one attached hydrogen (secondary N) is 1. The van der Waals surface area contributed by atoms with Crippen molar-refractivity contribution in [2.75, 3.05) is 28.3 Å². The molecule has 0 bridgehead atoms. The number of benzene rings is 1. The van der Waals surface area contributed by atoms with Gasteiger partial charge in [-0.3, -0.25) is 9.59 Å². The van der Waals surface area contributed by atoms with Crippen LogP contribution in [0.1, 0.15) is 19.8 Å². The standard InChI is InChI=1S/C16H18N4O2S3/c1-2-23-15-18-19-16(25-15)24-10-13(21)17-11-6-3-4-7-12(11)20-9-5-8-14(20)22/h3-4,6-7H,2,5,8-10H2,1H3,(H,17,21). The molecule has 132 valence electrons. The van der Waals surface area contributed by atoms with E-state index in [1.165, 1.54) is 23.1 Å². The van der Waals surface area contributed by atoms with Gasteiger partial charge in [-0.15, -0.1) is 10.2 Å². The molecule has 1 saturated heterocycles. The van der Waals surface area contributed by atoms with E-state index in [0.29, 0.717) is 18.7 Å². The van der Waals surface area contributed by atoms with Gasteiger partial charge in [-0.25, -0.2) is 0 Å². The molecule has 6 nitrogen and oxygen atoms in total. The number of aromatic nitrogens is 2. The summed E-state index contributed by atoms with van der Waals surface area (Å²) in [5, 5.41) is 11.1. The summed E-state index contributed by atoms with van der Waals surface area (Å²) in [5.41, 5.74) is 1.43. The number of hydrogen-bond acceptors (Lipinski definition) is 7. The normalized spacial score (nSPS) is 14.1. The third-order valence-electron chi connectivity index (χ3n) is 3.52. The first-order valence-corrected chi connectivity index (χ1v) is 10.7. The van der Waals surface area contributed by atoms with Gasteiger partial charge < -0.3 is 10.2 Å². The number of nitrogens with zero attached hydrogens (tertiary/aromatic N) is 3. The molecule has 1 aromatic heterocycles. The molecule has 9 heteroatoms. The summed E-state index contributed by atoms with van der Waals surface area (Å²) < 4.78 is 1.71. The van der Waals surface area contributed by atoms with Gasteiger partial charge in [0.15, 0.2) is 8.68 Å². The Morgan fingerprint density at radius 3 is 2.76 bits per heavy atom. The quantitative estimate of drug-likeness (QED) is 0.725. The van der Waals surface area contributed by atoms with E-state index in [9.17, 15) is 9.59 Å². The lowest BCUT2D eigenvalue weighted by Crippen LogP contribution is -2.25. The van der Waals surface area contributed by atoms with Crippen LogP contribution >= 0.6 is 34.9 Å². The average molecular weight is 395 g/mol. The molecule has 2 amide bonds. The minimum absolute atomic E-state index is 0.103. The largest absolute Gasteiger partial charge is 0.324 e. The first-order valence-electron chi connectivity index (χ1n) is 7.95. The van der Waals surface area contributed by atoms with Crippen molar-refractivity contribution in [2.45, 2.75) is 28.4 Å². The third-order valence-corrected chi connectivity index (χ3v) is 6.60. The van der Waals surface area contributed by atoms with Crippen molar-refractivity contribution in [3.63, 3.8) is 0 Å². The van der Waals surface area contributed by atoms with Gasteiger partial charge in [-0.1, -0.05) is 53.9 Å². The lowest BCUT2D eigenvalue weighted by molar-refractivity contribution is -0.117. The molecule has 2 heterocycles. The fourth-order valence-corrected chi connectivity index (χ4v) is 5.19. The zero-order chi connectivity index (χ0) is 17.6. The number of hydrogen-bond donors (Lipinski definition) is 1. The number of rotatable bonds is 7. The van der Waals surface area contributed by atoms with Gasteiger partial charge in [0.25, 0.3) is 0 Å². The summed E-state index contributed by atoms with van der Waals surface area (Å²) >= 11 is 4.52. The number of carbonyl (C=O) groups excluding carboxylic acids is 2. The van der Waals surface area contributed by atoms with E-state index in [1.54, 1.807) is 16.7 Å². The highest BCUT2D eigenvalue weighted by molar-refractivity contribution is 8.03. The van der Waals surface area contributed by atoms with Crippen LogP contribution in [0.2, 0.25) is 0 Å². The minimum Gasteiger partial charge on any atom is -0.324 e. The summed E-state index contributed by atoms with van der Waals surface area (Å²) in [7, 11) is 0. The number of anilines is 2. The summed E-state index contributed by atoms with van der Waals surface area (Å²) in [6.45, 7) is 2.76. The lowest BCUT2D eigenvalue weighted by atomic mass is 10.2. The molecule has 1 aliphatic rings. The fraction of sp³-hybridized carbons (Fsp3) is 0.375. The summed E-state index contributed by atoms with van der Waals surface area (Å²) in [6, 6.07) is 7.42. The Bertz CT molecular complexity index is 765. The Balaban J connectivity index is 1.60. The van der Waals surface area contributed by atoms with Crippen LogP contribution < -0.4 is 10.2 Å². The molecule has 2 aromatic rings. The number of para-hydroxylation sites is 2. The van der Waals surface area contributed by atoms with E-state index >= 15 is 0 Å². The highest BCUT2D eigenvalue weighted by Crippen LogP contribution is 2.31. The van der Waals surface area contributed by atoms with E-state index in [0.717, 1.165) is 26.5 Å². The molecule has 0 atom stereocenters. The monoisotopic (exact) mass is 394 g/mol. The van der Waals surface area contributed by atoms with Crippen LogP contribution in [0.4, 0.5) is 11.4 Å². The lowest BCUT2D eigenvalue weighted by Gasteiger charge is -2.19. The molecule has 1 aromatic carbocycles. The predicted octanol–water partition coefficient (Wildman–Crippen LogP) is 3.51. The molecular weight excluding hydrogens is 376 g/mol. The first kappa shape index (κ1) is 18.2. The van der Waals surface area contributed by atoms with Crippen LogP contribution in [-0.2, 0) is 9.59 Å². The molecule has 25 heavy (non-hydrogen) atoms. The minimum atomic E-state index is -0.121.